The van der Waals surface area contributed by atoms with Crippen LogP contribution in [0.2, 0.25) is 5.02 Å². The van der Waals surface area contributed by atoms with Crippen molar-refractivity contribution in [3.05, 3.63) is 64.2 Å². The Labute approximate surface area is 208 Å². The highest BCUT2D eigenvalue weighted by Gasteiger charge is 2.43. The number of carbonyl (C=O) groups is 3. The molecule has 0 unspecified atom stereocenters. The maximum atomic E-state index is 14.8. The van der Waals surface area contributed by atoms with Gasteiger partial charge in [-0.15, -0.1) is 0 Å². The number of hydrogen-bond acceptors (Lipinski definition) is 4. The smallest absolute Gasteiger partial charge is 0.255 e. The Bertz CT molecular complexity index is 1240. The van der Waals surface area contributed by atoms with Crippen LogP contribution in [0.25, 0.3) is 0 Å². The number of nitrogens with one attached hydrogen (secondary N) is 1. The van der Waals surface area contributed by atoms with Crippen molar-refractivity contribution in [1.82, 2.24) is 9.80 Å². The number of halogens is 2. The number of nitrogens with zero attached hydrogens (tertiary/aromatic N) is 3. The number of amides is 3. The molecule has 0 saturated carbocycles. The van der Waals surface area contributed by atoms with Gasteiger partial charge in [0.15, 0.2) is 0 Å². The summed E-state index contributed by atoms with van der Waals surface area (Å²) >= 11 is 6.27. The van der Waals surface area contributed by atoms with Crippen LogP contribution >= 0.6 is 11.6 Å². The zero-order chi connectivity index (χ0) is 25.5. The predicted molar refractivity (Wildman–Crippen MR) is 130 cm³/mol. The highest BCUT2D eigenvalue weighted by atomic mass is 35.5. The van der Waals surface area contributed by atoms with Crippen LogP contribution in [-0.2, 0) is 16.1 Å². The van der Waals surface area contributed by atoms with Gasteiger partial charge in [0.05, 0.1) is 12.0 Å². The Morgan fingerprint density at radius 1 is 1.29 bits per heavy atom. The van der Waals surface area contributed by atoms with E-state index in [0.717, 1.165) is 5.56 Å². The number of nitriles is 1. The van der Waals surface area contributed by atoms with Gasteiger partial charge in [-0.05, 0) is 44.0 Å². The van der Waals surface area contributed by atoms with Crippen molar-refractivity contribution in [3.8, 4) is 6.07 Å². The van der Waals surface area contributed by atoms with Crippen LogP contribution in [0.3, 0.4) is 0 Å². The molecule has 35 heavy (non-hydrogen) atoms. The van der Waals surface area contributed by atoms with E-state index in [9.17, 15) is 24.0 Å². The average molecular weight is 497 g/mol. The van der Waals surface area contributed by atoms with Crippen molar-refractivity contribution in [3.63, 3.8) is 0 Å². The Hall–Kier alpha value is -3.44. The maximum absolute atomic E-state index is 14.8. The SMILES string of the molecule is CN(C(=O)[C@H](CC(C)(C)F)N1Cc2c(Cl)cccc2C1=O)[C@H](C#N)C[C@H]1C(=O)Nc2ccccc21. The predicted octanol–water partition coefficient (Wildman–Crippen LogP) is 4.28. The third-order valence-corrected chi connectivity index (χ3v) is 6.97. The third kappa shape index (κ3) is 4.73. The van der Waals surface area contributed by atoms with Crippen LogP contribution in [0.5, 0.6) is 0 Å². The number of para-hydroxylation sites is 1. The summed E-state index contributed by atoms with van der Waals surface area (Å²) in [4.78, 5) is 41.9. The molecule has 0 saturated heterocycles. The van der Waals surface area contributed by atoms with E-state index in [1.165, 1.54) is 30.7 Å². The molecule has 9 heteroatoms. The number of rotatable bonds is 7. The van der Waals surface area contributed by atoms with Crippen molar-refractivity contribution >= 4 is 35.0 Å². The van der Waals surface area contributed by atoms with Crippen LogP contribution in [-0.4, -0.2) is 52.3 Å². The molecule has 1 N–H and O–H groups in total. The van der Waals surface area contributed by atoms with E-state index in [2.05, 4.69) is 11.4 Å². The Morgan fingerprint density at radius 3 is 2.66 bits per heavy atom. The molecular weight excluding hydrogens is 471 g/mol. The van der Waals surface area contributed by atoms with Crippen molar-refractivity contribution in [2.75, 3.05) is 12.4 Å². The molecule has 0 fully saturated rings. The number of hydrogen-bond donors (Lipinski definition) is 1. The molecule has 2 aromatic carbocycles. The molecule has 2 aliphatic heterocycles. The third-order valence-electron chi connectivity index (χ3n) is 6.61. The number of fused-ring (bicyclic) bond motifs is 2. The quantitative estimate of drug-likeness (QED) is 0.619. The van der Waals surface area contributed by atoms with Gasteiger partial charge < -0.3 is 15.1 Å². The fourth-order valence-electron chi connectivity index (χ4n) is 4.78. The summed E-state index contributed by atoms with van der Waals surface area (Å²) in [6, 6.07) is 12.2. The van der Waals surface area contributed by atoms with Gasteiger partial charge in [0.1, 0.15) is 17.8 Å². The van der Waals surface area contributed by atoms with Gasteiger partial charge in [0, 0.05) is 41.9 Å². The Balaban J connectivity index is 1.59. The van der Waals surface area contributed by atoms with Gasteiger partial charge in [-0.1, -0.05) is 35.9 Å². The van der Waals surface area contributed by atoms with Crippen LogP contribution in [0, 0.1) is 11.3 Å². The van der Waals surface area contributed by atoms with Gasteiger partial charge in [0.2, 0.25) is 11.8 Å². The fourth-order valence-corrected chi connectivity index (χ4v) is 5.01. The van der Waals surface area contributed by atoms with Crippen molar-refractivity contribution in [2.24, 2.45) is 0 Å². The van der Waals surface area contributed by atoms with Gasteiger partial charge in [-0.25, -0.2) is 4.39 Å². The second-order valence-corrected chi connectivity index (χ2v) is 10.0. The van der Waals surface area contributed by atoms with Crippen LogP contribution in [0.15, 0.2) is 42.5 Å². The first-order chi connectivity index (χ1) is 16.5. The number of benzene rings is 2. The molecule has 3 atom stereocenters. The van der Waals surface area contributed by atoms with Gasteiger partial charge in [-0.2, -0.15) is 5.26 Å². The number of carbonyl (C=O) groups excluding carboxylic acids is 3. The minimum Gasteiger partial charge on any atom is -0.328 e. The standard InChI is InChI=1S/C26H26ClFN4O3/c1-26(2,28)12-22(32-14-19-17(24(32)34)8-6-9-20(19)27)25(35)31(3)15(13-29)11-18-16-7-4-5-10-21(16)30-23(18)33/h4-10,15,18,22H,11-12,14H2,1-3H3,(H,30,33)/t15-,18+,22-/m0/s1. The van der Waals surface area contributed by atoms with E-state index in [1.54, 1.807) is 30.3 Å². The molecule has 0 radical (unpaired) electrons. The van der Waals surface area contributed by atoms with Gasteiger partial charge in [0.25, 0.3) is 5.91 Å². The maximum Gasteiger partial charge on any atom is 0.255 e. The molecule has 4 rings (SSSR count). The lowest BCUT2D eigenvalue weighted by atomic mass is 9.92. The van der Waals surface area contributed by atoms with Crippen LogP contribution in [0.1, 0.15) is 54.1 Å². The van der Waals surface area contributed by atoms with Gasteiger partial charge >= 0.3 is 0 Å². The Kier molecular flexibility index (Phi) is 6.56. The largest absolute Gasteiger partial charge is 0.328 e. The fraction of sp³-hybridized carbons (Fsp3) is 0.385. The van der Waals surface area contributed by atoms with E-state index in [1.807, 2.05) is 12.1 Å². The first kappa shape index (κ1) is 24.7. The minimum absolute atomic E-state index is 0.0732. The Morgan fingerprint density at radius 2 is 2.00 bits per heavy atom. The summed E-state index contributed by atoms with van der Waals surface area (Å²) < 4.78 is 14.8. The molecule has 2 aliphatic rings. The summed E-state index contributed by atoms with van der Waals surface area (Å²) in [5, 5.41) is 13.1. The number of anilines is 1. The zero-order valence-corrected chi connectivity index (χ0v) is 20.5. The van der Waals surface area contributed by atoms with E-state index >= 15 is 0 Å². The van der Waals surface area contributed by atoms with Crippen LogP contribution < -0.4 is 5.32 Å². The van der Waals surface area contributed by atoms with Crippen molar-refractivity contribution < 1.29 is 18.8 Å². The molecule has 7 nitrogen and oxygen atoms in total. The molecule has 182 valence electrons. The summed E-state index contributed by atoms with van der Waals surface area (Å²) in [5.74, 6) is -1.81. The first-order valence-electron chi connectivity index (χ1n) is 11.3. The van der Waals surface area contributed by atoms with E-state index < -0.39 is 35.5 Å². The number of alkyl halides is 1. The molecule has 0 aromatic heterocycles. The lowest BCUT2D eigenvalue weighted by Crippen LogP contribution is -2.52. The van der Waals surface area contributed by atoms with Crippen LogP contribution in [0.4, 0.5) is 10.1 Å². The zero-order valence-electron chi connectivity index (χ0n) is 19.7. The number of likely N-dealkylation sites (N-methyl/N-ethyl adjacent to an activating group) is 1. The summed E-state index contributed by atoms with van der Waals surface area (Å²) in [7, 11) is 1.45. The average Bonchev–Trinajstić information content (AvgIpc) is 3.31. The summed E-state index contributed by atoms with van der Waals surface area (Å²) in [6.07, 6.45) is -0.175. The second kappa shape index (κ2) is 9.31. The van der Waals surface area contributed by atoms with Gasteiger partial charge in [-0.3, -0.25) is 14.4 Å². The van der Waals surface area contributed by atoms with E-state index in [-0.39, 0.29) is 25.3 Å². The molecule has 0 spiro atoms. The molecule has 0 bridgehead atoms. The molecule has 2 aromatic rings. The summed E-state index contributed by atoms with van der Waals surface area (Å²) in [5.41, 5.74) is 0.660. The normalized spacial score (nSPS) is 18.4. The van der Waals surface area contributed by atoms with Crippen molar-refractivity contribution in [1.29, 1.82) is 5.26 Å². The van der Waals surface area contributed by atoms with Crippen molar-refractivity contribution in [2.45, 2.75) is 56.9 Å². The van der Waals surface area contributed by atoms with E-state index in [4.69, 9.17) is 11.6 Å². The monoisotopic (exact) mass is 496 g/mol. The topological polar surface area (TPSA) is 93.5 Å². The lowest BCUT2D eigenvalue weighted by Gasteiger charge is -2.35. The van der Waals surface area contributed by atoms with E-state index in [0.29, 0.717) is 21.8 Å². The lowest BCUT2D eigenvalue weighted by molar-refractivity contribution is -0.138. The second-order valence-electron chi connectivity index (χ2n) is 9.60. The molecular formula is C26H26ClFN4O3. The molecule has 0 aliphatic carbocycles. The molecule has 2 heterocycles. The summed E-state index contributed by atoms with van der Waals surface area (Å²) in [6.45, 7) is 2.76. The molecule has 3 amide bonds. The minimum atomic E-state index is -1.76. The highest BCUT2D eigenvalue weighted by molar-refractivity contribution is 6.32. The highest BCUT2D eigenvalue weighted by Crippen LogP contribution is 2.37. The first-order valence-corrected chi connectivity index (χ1v) is 11.7.